The number of aromatic nitrogens is 3. The standard InChI is InChI=1S/C29H31F2N5O5/c1-4-17(37)7-15-5-6-40-14-21(15)34-29-32-11-16-8-20(24-25(30)22(38-2)10-23(39-3)26(24)31)33-28(27(16)35-29)36-12-18-9-19(13-36)41-18/h4,8,10-11,15,18-19,21H,1,5-7,9,12-14H2,2-3H3,(H,32,34,35)/t15-,18?,19?,21-/m1/s1. The molecule has 0 amide bonds. The number of piperidine rings is 1. The summed E-state index contributed by atoms with van der Waals surface area (Å²) < 4.78 is 52.7. The molecule has 1 N–H and O–H groups in total. The van der Waals surface area contributed by atoms with E-state index in [1.54, 1.807) is 12.3 Å². The van der Waals surface area contributed by atoms with E-state index >= 15 is 8.78 Å². The normalized spacial score (nSPS) is 23.6. The van der Waals surface area contributed by atoms with Gasteiger partial charge in [0.05, 0.1) is 50.3 Å². The van der Waals surface area contributed by atoms with Gasteiger partial charge in [0, 0.05) is 50.2 Å². The Kier molecular flexibility index (Phi) is 7.43. The number of pyridine rings is 1. The van der Waals surface area contributed by atoms with Gasteiger partial charge in [0.15, 0.2) is 34.7 Å². The molecule has 12 heteroatoms. The van der Waals surface area contributed by atoms with Crippen molar-refractivity contribution in [2.75, 3.05) is 50.7 Å². The zero-order valence-corrected chi connectivity index (χ0v) is 22.9. The number of carbonyl (C=O) groups is 1. The number of rotatable bonds is 9. The minimum absolute atomic E-state index is 0.0262. The number of allylic oxidation sites excluding steroid dienone is 1. The molecule has 2 unspecified atom stereocenters. The lowest BCUT2D eigenvalue weighted by molar-refractivity contribution is -0.133. The number of hydrogen-bond donors (Lipinski definition) is 1. The minimum Gasteiger partial charge on any atom is -0.494 e. The molecule has 4 atom stereocenters. The smallest absolute Gasteiger partial charge is 0.223 e. The van der Waals surface area contributed by atoms with Gasteiger partial charge in [-0.25, -0.2) is 23.7 Å². The molecule has 2 bridgehead atoms. The number of halogens is 2. The molecule has 216 valence electrons. The van der Waals surface area contributed by atoms with Crippen molar-refractivity contribution in [2.45, 2.75) is 37.5 Å². The maximum absolute atomic E-state index is 15.5. The summed E-state index contributed by atoms with van der Waals surface area (Å²) in [5, 5.41) is 3.89. The number of fused-ring (bicyclic) bond motifs is 3. The quantitative estimate of drug-likeness (QED) is 0.382. The van der Waals surface area contributed by atoms with Crippen LogP contribution >= 0.6 is 0 Å². The predicted octanol–water partition coefficient (Wildman–Crippen LogP) is 3.93. The van der Waals surface area contributed by atoms with Crippen LogP contribution in [-0.4, -0.2) is 79.5 Å². The second kappa shape index (κ2) is 11.2. The van der Waals surface area contributed by atoms with Crippen LogP contribution in [0.2, 0.25) is 0 Å². The molecule has 4 fully saturated rings. The van der Waals surface area contributed by atoms with Crippen molar-refractivity contribution in [2.24, 2.45) is 5.92 Å². The fraction of sp³-hybridized carbons (Fsp3) is 0.448. The Morgan fingerprint density at radius 3 is 2.54 bits per heavy atom. The topological polar surface area (TPSA) is 108 Å². The van der Waals surface area contributed by atoms with Crippen LogP contribution in [0, 0.1) is 17.6 Å². The van der Waals surface area contributed by atoms with Gasteiger partial charge in [-0.15, -0.1) is 0 Å². The van der Waals surface area contributed by atoms with Crippen LogP contribution in [0.25, 0.3) is 22.2 Å². The summed E-state index contributed by atoms with van der Waals surface area (Å²) in [4.78, 5) is 28.2. The van der Waals surface area contributed by atoms with Gasteiger partial charge in [-0.3, -0.25) is 4.79 Å². The number of nitrogens with zero attached hydrogens (tertiary/aromatic N) is 4. The lowest BCUT2D eigenvalue weighted by Crippen LogP contribution is -2.57. The minimum atomic E-state index is -0.884. The summed E-state index contributed by atoms with van der Waals surface area (Å²) in [6.07, 6.45) is 5.08. The van der Waals surface area contributed by atoms with Crippen LogP contribution in [0.5, 0.6) is 11.5 Å². The molecule has 0 radical (unpaired) electrons. The van der Waals surface area contributed by atoms with Gasteiger partial charge in [0.25, 0.3) is 0 Å². The van der Waals surface area contributed by atoms with Crippen molar-refractivity contribution < 1.29 is 32.5 Å². The fourth-order valence-electron chi connectivity index (χ4n) is 5.77. The van der Waals surface area contributed by atoms with Crippen molar-refractivity contribution in [3.05, 3.63) is 42.6 Å². The first-order chi connectivity index (χ1) is 19.9. The van der Waals surface area contributed by atoms with E-state index in [-0.39, 0.29) is 52.7 Å². The summed E-state index contributed by atoms with van der Waals surface area (Å²) in [7, 11) is 2.60. The first-order valence-corrected chi connectivity index (χ1v) is 13.6. The second-order valence-electron chi connectivity index (χ2n) is 10.5. The van der Waals surface area contributed by atoms with Crippen molar-refractivity contribution in [3.63, 3.8) is 0 Å². The summed E-state index contributed by atoms with van der Waals surface area (Å²) >= 11 is 0. The molecule has 2 aromatic heterocycles. The van der Waals surface area contributed by atoms with Crippen molar-refractivity contribution >= 4 is 28.5 Å². The van der Waals surface area contributed by atoms with Gasteiger partial charge >= 0.3 is 0 Å². The number of methoxy groups -OCH3 is 2. The first-order valence-electron chi connectivity index (χ1n) is 13.6. The highest BCUT2D eigenvalue weighted by Crippen LogP contribution is 2.40. The van der Waals surface area contributed by atoms with Crippen LogP contribution in [0.3, 0.4) is 0 Å². The molecule has 4 saturated heterocycles. The molecule has 0 aliphatic carbocycles. The highest BCUT2D eigenvalue weighted by Gasteiger charge is 2.40. The molecule has 10 nitrogen and oxygen atoms in total. The highest BCUT2D eigenvalue weighted by molar-refractivity contribution is 5.92. The Balaban J connectivity index is 1.43. The average Bonchev–Trinajstić information content (AvgIpc) is 2.97. The molecule has 4 aliphatic heterocycles. The molecule has 0 spiro atoms. The molecule has 41 heavy (non-hydrogen) atoms. The third-order valence-corrected chi connectivity index (χ3v) is 7.94. The maximum Gasteiger partial charge on any atom is 0.223 e. The number of carbonyl (C=O) groups excluding carboxylic acids is 1. The SMILES string of the molecule is C=CC(=O)C[C@H]1CCOC[C@H]1Nc1ncc2cc(-c3c(F)c(OC)cc(OC)c3F)nc(N3CC4CC(C3)O4)c2n1. The van der Waals surface area contributed by atoms with Crippen molar-refractivity contribution in [1.29, 1.82) is 0 Å². The summed E-state index contributed by atoms with van der Waals surface area (Å²) in [5.74, 6) is -1.27. The predicted molar refractivity (Wildman–Crippen MR) is 147 cm³/mol. The summed E-state index contributed by atoms with van der Waals surface area (Å²) in [5.41, 5.74) is 0.227. The monoisotopic (exact) mass is 567 g/mol. The van der Waals surface area contributed by atoms with E-state index < -0.39 is 11.6 Å². The van der Waals surface area contributed by atoms with E-state index in [4.69, 9.17) is 28.9 Å². The van der Waals surface area contributed by atoms with Crippen LogP contribution in [0.1, 0.15) is 19.3 Å². The van der Waals surface area contributed by atoms with Crippen molar-refractivity contribution in [1.82, 2.24) is 15.0 Å². The van der Waals surface area contributed by atoms with Gasteiger partial charge in [-0.1, -0.05) is 6.58 Å². The van der Waals surface area contributed by atoms with Gasteiger partial charge in [-0.2, -0.15) is 0 Å². The molecule has 7 rings (SSSR count). The van der Waals surface area contributed by atoms with Crippen LogP contribution in [-0.2, 0) is 14.3 Å². The summed E-state index contributed by atoms with van der Waals surface area (Å²) in [6, 6.07) is 2.54. The fourth-order valence-corrected chi connectivity index (χ4v) is 5.77. The van der Waals surface area contributed by atoms with Crippen LogP contribution in [0.15, 0.2) is 31.0 Å². The Bertz CT molecular complexity index is 1460. The Morgan fingerprint density at radius 2 is 1.88 bits per heavy atom. The lowest BCUT2D eigenvalue weighted by Gasteiger charge is -2.47. The zero-order chi connectivity index (χ0) is 28.7. The van der Waals surface area contributed by atoms with E-state index in [0.717, 1.165) is 18.9 Å². The Labute approximate surface area is 235 Å². The third kappa shape index (κ3) is 5.17. The molecule has 4 aliphatic rings. The first kappa shape index (κ1) is 27.3. The number of ketones is 1. The Hall–Kier alpha value is -3.90. The van der Waals surface area contributed by atoms with Gasteiger partial charge in [-0.05, 0) is 24.5 Å². The van der Waals surface area contributed by atoms with E-state index in [1.165, 1.54) is 20.3 Å². The zero-order valence-electron chi connectivity index (χ0n) is 22.9. The lowest BCUT2D eigenvalue weighted by atomic mass is 9.90. The van der Waals surface area contributed by atoms with E-state index in [1.807, 2.05) is 4.90 Å². The number of hydrogen-bond acceptors (Lipinski definition) is 10. The van der Waals surface area contributed by atoms with E-state index in [9.17, 15) is 4.79 Å². The number of nitrogens with one attached hydrogen (secondary N) is 1. The van der Waals surface area contributed by atoms with E-state index in [0.29, 0.717) is 55.4 Å². The number of benzene rings is 1. The molecule has 1 aromatic carbocycles. The molecule has 6 heterocycles. The van der Waals surface area contributed by atoms with Gasteiger partial charge in [0.1, 0.15) is 5.52 Å². The number of morpholine rings is 1. The molecule has 0 saturated carbocycles. The van der Waals surface area contributed by atoms with E-state index in [2.05, 4.69) is 16.9 Å². The third-order valence-electron chi connectivity index (χ3n) is 7.94. The summed E-state index contributed by atoms with van der Waals surface area (Å²) in [6.45, 7) is 5.71. The Morgan fingerprint density at radius 1 is 1.17 bits per heavy atom. The number of anilines is 2. The number of ether oxygens (including phenoxy) is 4. The molecule has 3 aromatic rings. The maximum atomic E-state index is 15.5. The largest absolute Gasteiger partial charge is 0.494 e. The molecular formula is C29H31F2N5O5. The van der Waals surface area contributed by atoms with Gasteiger partial charge in [0.2, 0.25) is 5.95 Å². The van der Waals surface area contributed by atoms with Crippen molar-refractivity contribution in [3.8, 4) is 22.8 Å². The van der Waals surface area contributed by atoms with Crippen LogP contribution < -0.4 is 19.7 Å². The van der Waals surface area contributed by atoms with Crippen LogP contribution in [0.4, 0.5) is 20.5 Å². The van der Waals surface area contributed by atoms with Gasteiger partial charge < -0.3 is 29.2 Å². The second-order valence-corrected chi connectivity index (χ2v) is 10.5. The molecular weight excluding hydrogens is 536 g/mol. The highest BCUT2D eigenvalue weighted by atomic mass is 19.1. The average molecular weight is 568 g/mol.